The van der Waals surface area contributed by atoms with E-state index in [0.717, 1.165) is 43.4 Å². The number of piperazine rings is 1. The maximum atomic E-state index is 12.8. The van der Waals surface area contributed by atoms with E-state index in [2.05, 4.69) is 16.1 Å². The number of hydrogen-bond acceptors (Lipinski definition) is 3. The van der Waals surface area contributed by atoms with Gasteiger partial charge in [-0.05, 0) is 48.0 Å². The summed E-state index contributed by atoms with van der Waals surface area (Å²) in [5, 5.41) is 4.97. The molecule has 6 heteroatoms. The molecule has 2 aromatic carbocycles. The van der Waals surface area contributed by atoms with Gasteiger partial charge in [0.1, 0.15) is 0 Å². The van der Waals surface area contributed by atoms with Crippen LogP contribution >= 0.6 is 11.6 Å². The van der Waals surface area contributed by atoms with Crippen LogP contribution in [0.5, 0.6) is 0 Å². The number of rotatable bonds is 4. The molecule has 0 saturated carbocycles. The molecule has 1 aliphatic heterocycles. The summed E-state index contributed by atoms with van der Waals surface area (Å²) in [7, 11) is 0. The van der Waals surface area contributed by atoms with Gasteiger partial charge in [-0.15, -0.1) is 0 Å². The van der Waals surface area contributed by atoms with Crippen molar-refractivity contribution < 1.29 is 4.79 Å². The van der Waals surface area contributed by atoms with Gasteiger partial charge in [0, 0.05) is 55.7 Å². The van der Waals surface area contributed by atoms with E-state index in [0.29, 0.717) is 5.56 Å². The van der Waals surface area contributed by atoms with E-state index in [1.807, 2.05) is 59.6 Å². The minimum absolute atomic E-state index is 0.0874. The fourth-order valence-corrected chi connectivity index (χ4v) is 3.58. The second-order valence-electron chi connectivity index (χ2n) is 6.70. The zero-order chi connectivity index (χ0) is 18.6. The highest BCUT2D eigenvalue weighted by Crippen LogP contribution is 2.16. The van der Waals surface area contributed by atoms with Crippen molar-refractivity contribution in [3.63, 3.8) is 0 Å². The quantitative estimate of drug-likeness (QED) is 0.695. The van der Waals surface area contributed by atoms with E-state index >= 15 is 0 Å². The zero-order valence-corrected chi connectivity index (χ0v) is 15.7. The Bertz CT molecular complexity index is 900. The van der Waals surface area contributed by atoms with Crippen molar-refractivity contribution in [3.05, 3.63) is 83.1 Å². The molecule has 0 unspecified atom stereocenters. The molecule has 0 aliphatic carbocycles. The van der Waals surface area contributed by atoms with Crippen molar-refractivity contribution in [3.8, 4) is 5.69 Å². The monoisotopic (exact) mass is 380 g/mol. The zero-order valence-electron chi connectivity index (χ0n) is 15.0. The Morgan fingerprint density at radius 1 is 1.00 bits per heavy atom. The van der Waals surface area contributed by atoms with E-state index < -0.39 is 0 Å². The van der Waals surface area contributed by atoms with E-state index in [1.54, 1.807) is 10.9 Å². The fourth-order valence-electron chi connectivity index (χ4n) is 3.36. The summed E-state index contributed by atoms with van der Waals surface area (Å²) in [4.78, 5) is 17.1. The smallest absolute Gasteiger partial charge is 0.253 e. The Morgan fingerprint density at radius 2 is 1.78 bits per heavy atom. The molecule has 3 aromatic rings. The van der Waals surface area contributed by atoms with Crippen LogP contribution in [0.15, 0.2) is 67.0 Å². The van der Waals surface area contributed by atoms with Gasteiger partial charge in [0.15, 0.2) is 0 Å². The van der Waals surface area contributed by atoms with E-state index in [9.17, 15) is 4.79 Å². The first kappa shape index (κ1) is 17.8. The SMILES string of the molecule is O=C(c1ccc(-n2cccn2)cc1)N1CCN(Cc2cccc(Cl)c2)CC1. The van der Waals surface area contributed by atoms with E-state index in [-0.39, 0.29) is 5.91 Å². The first-order valence-electron chi connectivity index (χ1n) is 9.05. The summed E-state index contributed by atoms with van der Waals surface area (Å²) < 4.78 is 1.78. The van der Waals surface area contributed by atoms with Gasteiger partial charge in [0.2, 0.25) is 0 Å². The molecule has 2 heterocycles. The van der Waals surface area contributed by atoms with Crippen molar-refractivity contribution >= 4 is 17.5 Å². The molecule has 27 heavy (non-hydrogen) atoms. The molecule has 0 atom stereocenters. The molecular formula is C21H21ClN4O. The van der Waals surface area contributed by atoms with Crippen molar-refractivity contribution in [1.29, 1.82) is 0 Å². The van der Waals surface area contributed by atoms with Crippen LogP contribution in [0.25, 0.3) is 5.69 Å². The average Bonchev–Trinajstić information content (AvgIpc) is 3.23. The van der Waals surface area contributed by atoms with Crippen LogP contribution in [-0.4, -0.2) is 51.7 Å². The fraction of sp³-hybridized carbons (Fsp3) is 0.238. The standard InChI is InChI=1S/C21H21ClN4O/c22-19-4-1-3-17(15-19)16-24-11-13-25(14-12-24)21(27)18-5-7-20(8-6-18)26-10-2-9-23-26/h1-10,15H,11-14,16H2. The maximum absolute atomic E-state index is 12.8. The Labute approximate surface area is 163 Å². The van der Waals surface area contributed by atoms with Gasteiger partial charge in [0.25, 0.3) is 5.91 Å². The van der Waals surface area contributed by atoms with E-state index in [4.69, 9.17) is 11.6 Å². The van der Waals surface area contributed by atoms with Crippen molar-refractivity contribution in [2.24, 2.45) is 0 Å². The predicted octanol–water partition coefficient (Wildman–Crippen LogP) is 3.48. The van der Waals surface area contributed by atoms with Crippen LogP contribution in [0.1, 0.15) is 15.9 Å². The summed E-state index contributed by atoms with van der Waals surface area (Å²) >= 11 is 6.06. The molecule has 4 rings (SSSR count). The highest BCUT2D eigenvalue weighted by Gasteiger charge is 2.22. The van der Waals surface area contributed by atoms with Crippen LogP contribution in [0, 0.1) is 0 Å². The van der Waals surface area contributed by atoms with Gasteiger partial charge in [-0.1, -0.05) is 23.7 Å². The number of carbonyl (C=O) groups excluding carboxylic acids is 1. The summed E-state index contributed by atoms with van der Waals surface area (Å²) in [5.74, 6) is 0.0874. The molecule has 0 bridgehead atoms. The Morgan fingerprint density at radius 3 is 2.44 bits per heavy atom. The molecule has 0 spiro atoms. The van der Waals surface area contributed by atoms with Gasteiger partial charge in [-0.2, -0.15) is 5.10 Å². The lowest BCUT2D eigenvalue weighted by atomic mass is 10.1. The molecule has 0 radical (unpaired) electrons. The van der Waals surface area contributed by atoms with Gasteiger partial charge in [0.05, 0.1) is 5.69 Å². The normalized spacial score (nSPS) is 15.1. The third-order valence-electron chi connectivity index (χ3n) is 4.84. The molecule has 138 valence electrons. The van der Waals surface area contributed by atoms with Crippen molar-refractivity contribution in [2.75, 3.05) is 26.2 Å². The van der Waals surface area contributed by atoms with Gasteiger partial charge < -0.3 is 4.90 Å². The lowest BCUT2D eigenvalue weighted by Crippen LogP contribution is -2.48. The van der Waals surface area contributed by atoms with Crippen molar-refractivity contribution in [2.45, 2.75) is 6.54 Å². The van der Waals surface area contributed by atoms with Gasteiger partial charge in [-0.3, -0.25) is 9.69 Å². The third-order valence-corrected chi connectivity index (χ3v) is 5.07. The number of benzene rings is 2. The first-order chi connectivity index (χ1) is 13.2. The molecular weight excluding hydrogens is 360 g/mol. The summed E-state index contributed by atoms with van der Waals surface area (Å²) in [6, 6.07) is 17.4. The van der Waals surface area contributed by atoms with Gasteiger partial charge in [-0.25, -0.2) is 4.68 Å². The molecule has 1 saturated heterocycles. The van der Waals surface area contributed by atoms with Crippen LogP contribution < -0.4 is 0 Å². The molecule has 1 fully saturated rings. The highest BCUT2D eigenvalue weighted by molar-refractivity contribution is 6.30. The second kappa shape index (κ2) is 7.94. The highest BCUT2D eigenvalue weighted by atomic mass is 35.5. The summed E-state index contributed by atoms with van der Waals surface area (Å²) in [6.07, 6.45) is 3.62. The van der Waals surface area contributed by atoms with Crippen molar-refractivity contribution in [1.82, 2.24) is 19.6 Å². The number of halogens is 1. The first-order valence-corrected chi connectivity index (χ1v) is 9.43. The molecule has 1 aromatic heterocycles. The molecule has 1 aliphatic rings. The lowest BCUT2D eigenvalue weighted by Gasteiger charge is -2.34. The van der Waals surface area contributed by atoms with Crippen LogP contribution in [0.3, 0.4) is 0 Å². The largest absolute Gasteiger partial charge is 0.336 e. The average molecular weight is 381 g/mol. The van der Waals surface area contributed by atoms with Gasteiger partial charge >= 0.3 is 0 Å². The van der Waals surface area contributed by atoms with Crippen LogP contribution in [-0.2, 0) is 6.54 Å². The van der Waals surface area contributed by atoms with Crippen LogP contribution in [0.2, 0.25) is 5.02 Å². The summed E-state index contributed by atoms with van der Waals surface area (Å²) in [6.45, 7) is 4.06. The third kappa shape index (κ3) is 4.21. The number of carbonyl (C=O) groups is 1. The Hall–Kier alpha value is -2.63. The minimum atomic E-state index is 0.0874. The molecule has 5 nitrogen and oxygen atoms in total. The summed E-state index contributed by atoms with van der Waals surface area (Å²) in [5.41, 5.74) is 2.87. The topological polar surface area (TPSA) is 41.4 Å². The Kier molecular flexibility index (Phi) is 5.23. The lowest BCUT2D eigenvalue weighted by molar-refractivity contribution is 0.0628. The molecule has 1 amide bonds. The Balaban J connectivity index is 1.34. The molecule has 0 N–H and O–H groups in total. The number of aromatic nitrogens is 2. The number of hydrogen-bond donors (Lipinski definition) is 0. The number of nitrogens with zero attached hydrogens (tertiary/aromatic N) is 4. The second-order valence-corrected chi connectivity index (χ2v) is 7.13. The minimum Gasteiger partial charge on any atom is -0.336 e. The predicted molar refractivity (Wildman–Crippen MR) is 106 cm³/mol. The number of amides is 1. The van der Waals surface area contributed by atoms with E-state index in [1.165, 1.54) is 5.56 Å². The van der Waals surface area contributed by atoms with Crippen LogP contribution in [0.4, 0.5) is 0 Å². The maximum Gasteiger partial charge on any atom is 0.253 e.